The molecule has 0 aliphatic carbocycles. The summed E-state index contributed by atoms with van der Waals surface area (Å²) in [5.41, 5.74) is 6.74. The van der Waals surface area contributed by atoms with Gasteiger partial charge in [0.1, 0.15) is 0 Å². The Balaban J connectivity index is 2.10. The molecule has 6 nitrogen and oxygen atoms in total. The average Bonchev–Trinajstić information content (AvgIpc) is 2.43. The van der Waals surface area contributed by atoms with Crippen LogP contribution in [0.3, 0.4) is 0 Å². The summed E-state index contributed by atoms with van der Waals surface area (Å²) in [4.78, 5) is 0.0438. The number of sulfonamides is 1. The van der Waals surface area contributed by atoms with E-state index in [9.17, 15) is 8.42 Å². The second kappa shape index (κ2) is 6.28. The molecular formula is C12H17ClN2O4S. The molecule has 20 heavy (non-hydrogen) atoms. The Hall–Kier alpha value is -0.860. The molecule has 1 fully saturated rings. The molecule has 1 saturated heterocycles. The third-order valence-corrected chi connectivity index (χ3v) is 4.85. The van der Waals surface area contributed by atoms with Gasteiger partial charge < -0.3 is 15.2 Å². The molecular weight excluding hydrogens is 304 g/mol. The van der Waals surface area contributed by atoms with E-state index in [0.29, 0.717) is 36.1 Å². The number of nitrogens with one attached hydrogen (secondary N) is 1. The van der Waals surface area contributed by atoms with E-state index in [2.05, 4.69) is 4.72 Å². The minimum Gasteiger partial charge on any atom is -0.398 e. The first-order valence-electron chi connectivity index (χ1n) is 6.15. The van der Waals surface area contributed by atoms with E-state index in [0.717, 1.165) is 0 Å². The number of hydrogen-bond acceptors (Lipinski definition) is 5. The largest absolute Gasteiger partial charge is 0.398 e. The van der Waals surface area contributed by atoms with E-state index in [4.69, 9.17) is 26.8 Å². The van der Waals surface area contributed by atoms with Gasteiger partial charge in [-0.25, -0.2) is 13.1 Å². The van der Waals surface area contributed by atoms with Crippen LogP contribution in [0.5, 0.6) is 0 Å². The van der Waals surface area contributed by atoms with Crippen molar-refractivity contribution < 1.29 is 17.9 Å². The lowest BCUT2D eigenvalue weighted by atomic mass is 10.2. The van der Waals surface area contributed by atoms with E-state index >= 15 is 0 Å². The molecule has 112 valence electrons. The summed E-state index contributed by atoms with van der Waals surface area (Å²) in [5.74, 6) is 0. The van der Waals surface area contributed by atoms with Crippen LogP contribution in [-0.4, -0.2) is 40.9 Å². The lowest BCUT2D eigenvalue weighted by Gasteiger charge is -2.23. The van der Waals surface area contributed by atoms with Crippen molar-refractivity contribution in [3.8, 4) is 0 Å². The van der Waals surface area contributed by atoms with Crippen LogP contribution in [-0.2, 0) is 19.5 Å². The van der Waals surface area contributed by atoms with Crippen LogP contribution in [0.2, 0.25) is 5.02 Å². The second-order valence-corrected chi connectivity index (χ2v) is 6.71. The van der Waals surface area contributed by atoms with Crippen LogP contribution in [0.25, 0.3) is 0 Å². The van der Waals surface area contributed by atoms with Crippen molar-refractivity contribution in [1.29, 1.82) is 0 Å². The molecule has 0 aromatic heterocycles. The Bertz CT molecular complexity index is 562. The zero-order valence-electron chi connectivity index (χ0n) is 11.1. The van der Waals surface area contributed by atoms with Gasteiger partial charge in [-0.05, 0) is 24.6 Å². The highest BCUT2D eigenvalue weighted by Gasteiger charge is 2.20. The summed E-state index contributed by atoms with van der Waals surface area (Å²) in [7, 11) is -3.67. The van der Waals surface area contributed by atoms with Gasteiger partial charge in [0.2, 0.25) is 10.0 Å². The van der Waals surface area contributed by atoms with E-state index in [1.807, 2.05) is 0 Å². The van der Waals surface area contributed by atoms with Gasteiger partial charge in [-0.3, -0.25) is 0 Å². The topological polar surface area (TPSA) is 90.7 Å². The fourth-order valence-electron chi connectivity index (χ4n) is 1.77. The van der Waals surface area contributed by atoms with Crippen molar-refractivity contribution in [2.45, 2.75) is 17.9 Å². The van der Waals surface area contributed by atoms with Crippen molar-refractivity contribution in [2.24, 2.45) is 0 Å². The quantitative estimate of drug-likeness (QED) is 0.805. The van der Waals surface area contributed by atoms with Gasteiger partial charge in [-0.2, -0.15) is 0 Å². The molecule has 8 heteroatoms. The lowest BCUT2D eigenvalue weighted by molar-refractivity contribution is -0.0846. The highest BCUT2D eigenvalue weighted by molar-refractivity contribution is 7.89. The Kier molecular flexibility index (Phi) is 4.87. The van der Waals surface area contributed by atoms with E-state index < -0.39 is 10.0 Å². The zero-order valence-corrected chi connectivity index (χ0v) is 12.6. The number of rotatable bonds is 4. The van der Waals surface area contributed by atoms with Gasteiger partial charge in [-0.1, -0.05) is 11.6 Å². The Labute approximate surface area is 123 Å². The van der Waals surface area contributed by atoms with Crippen molar-refractivity contribution in [3.63, 3.8) is 0 Å². The van der Waals surface area contributed by atoms with Crippen LogP contribution in [0.15, 0.2) is 17.0 Å². The molecule has 1 atom stereocenters. The predicted octanol–water partition coefficient (Wildman–Crippen LogP) is 0.924. The van der Waals surface area contributed by atoms with Gasteiger partial charge >= 0.3 is 0 Å². The molecule has 0 bridgehead atoms. The summed E-state index contributed by atoms with van der Waals surface area (Å²) >= 11 is 5.96. The first-order valence-corrected chi connectivity index (χ1v) is 8.01. The molecule has 1 aromatic rings. The minimum atomic E-state index is -3.67. The van der Waals surface area contributed by atoms with Crippen molar-refractivity contribution in [1.82, 2.24) is 4.72 Å². The van der Waals surface area contributed by atoms with E-state index in [1.165, 1.54) is 12.1 Å². The first kappa shape index (κ1) is 15.5. The lowest BCUT2D eigenvalue weighted by Crippen LogP contribution is -2.39. The molecule has 1 heterocycles. The number of nitrogen functional groups attached to an aromatic ring is 1. The molecule has 0 amide bonds. The highest BCUT2D eigenvalue weighted by Crippen LogP contribution is 2.25. The first-order chi connectivity index (χ1) is 9.40. The van der Waals surface area contributed by atoms with Gasteiger partial charge in [0, 0.05) is 17.3 Å². The maximum atomic E-state index is 12.2. The van der Waals surface area contributed by atoms with Crippen LogP contribution in [0.4, 0.5) is 5.69 Å². The molecule has 0 saturated carbocycles. The average molecular weight is 321 g/mol. The standard InChI is InChI=1S/C12H17ClN2O4S/c1-8-11(13)4-10(5-12(8)14)20(16,17)15-6-9-7-18-2-3-19-9/h4-5,9,15H,2-3,6-7,14H2,1H3. The minimum absolute atomic E-state index is 0.0438. The van der Waals surface area contributed by atoms with Crippen LogP contribution in [0.1, 0.15) is 5.56 Å². The Morgan fingerprint density at radius 3 is 2.80 bits per heavy atom. The molecule has 0 radical (unpaired) electrons. The van der Waals surface area contributed by atoms with Gasteiger partial charge in [0.05, 0.1) is 30.8 Å². The molecule has 1 aliphatic rings. The third-order valence-electron chi connectivity index (χ3n) is 3.05. The fourth-order valence-corrected chi connectivity index (χ4v) is 3.19. The van der Waals surface area contributed by atoms with Gasteiger partial charge in [-0.15, -0.1) is 0 Å². The molecule has 1 aliphatic heterocycles. The summed E-state index contributed by atoms with van der Waals surface area (Å²) in [6, 6.07) is 2.77. The third kappa shape index (κ3) is 3.62. The summed E-state index contributed by atoms with van der Waals surface area (Å²) in [6.07, 6.45) is -0.281. The van der Waals surface area contributed by atoms with Crippen molar-refractivity contribution in [2.75, 3.05) is 32.1 Å². The van der Waals surface area contributed by atoms with E-state index in [1.54, 1.807) is 6.92 Å². The fraction of sp³-hybridized carbons (Fsp3) is 0.500. The predicted molar refractivity (Wildman–Crippen MR) is 76.3 cm³/mol. The Morgan fingerprint density at radius 1 is 1.45 bits per heavy atom. The van der Waals surface area contributed by atoms with Gasteiger partial charge in [0.15, 0.2) is 0 Å². The molecule has 2 rings (SSSR count). The number of benzene rings is 1. The SMILES string of the molecule is Cc1c(N)cc(S(=O)(=O)NCC2COCCO2)cc1Cl. The molecule has 1 aromatic carbocycles. The summed E-state index contributed by atoms with van der Waals surface area (Å²) in [6.45, 7) is 3.25. The number of anilines is 1. The molecule has 1 unspecified atom stereocenters. The van der Waals surface area contributed by atoms with Crippen LogP contribution < -0.4 is 10.5 Å². The smallest absolute Gasteiger partial charge is 0.240 e. The van der Waals surface area contributed by atoms with Crippen LogP contribution in [0, 0.1) is 6.92 Å². The monoisotopic (exact) mass is 320 g/mol. The zero-order chi connectivity index (χ0) is 14.8. The van der Waals surface area contributed by atoms with Crippen LogP contribution >= 0.6 is 11.6 Å². The molecule has 0 spiro atoms. The van der Waals surface area contributed by atoms with E-state index in [-0.39, 0.29) is 17.5 Å². The molecule has 3 N–H and O–H groups in total. The maximum Gasteiger partial charge on any atom is 0.240 e. The number of nitrogens with two attached hydrogens (primary N) is 1. The number of halogens is 1. The Morgan fingerprint density at radius 2 is 2.20 bits per heavy atom. The second-order valence-electron chi connectivity index (χ2n) is 4.54. The summed E-state index contributed by atoms with van der Waals surface area (Å²) < 4.78 is 37.4. The van der Waals surface area contributed by atoms with Crippen molar-refractivity contribution >= 4 is 27.3 Å². The number of ether oxygens (including phenoxy) is 2. The summed E-state index contributed by atoms with van der Waals surface area (Å²) in [5, 5.41) is 0.322. The maximum absolute atomic E-state index is 12.2. The normalized spacial score (nSPS) is 20.0. The highest BCUT2D eigenvalue weighted by atomic mass is 35.5. The van der Waals surface area contributed by atoms with Gasteiger partial charge in [0.25, 0.3) is 0 Å². The number of hydrogen-bond donors (Lipinski definition) is 2. The van der Waals surface area contributed by atoms with Crippen molar-refractivity contribution in [3.05, 3.63) is 22.7 Å².